The molecule has 11 rings (SSSR count). The van der Waals surface area contributed by atoms with Gasteiger partial charge in [-0.25, -0.2) is 9.97 Å². The van der Waals surface area contributed by atoms with Crippen molar-refractivity contribution in [2.75, 3.05) is 0 Å². The van der Waals surface area contributed by atoms with Gasteiger partial charge in [-0.15, -0.1) is 0 Å². The monoisotopic (exact) mass is 728 g/mol. The van der Waals surface area contributed by atoms with Gasteiger partial charge in [0.1, 0.15) is 0 Å². The molecule has 0 aliphatic heterocycles. The number of pyridine rings is 1. The lowest BCUT2D eigenvalue weighted by Crippen LogP contribution is -1.99. The number of rotatable bonds is 6. The van der Waals surface area contributed by atoms with Crippen LogP contribution in [0.2, 0.25) is 0 Å². The molecular weight excluding hydrogens is 693 g/mol. The minimum Gasteiger partial charge on any atom is -0.309 e. The average molecular weight is 729 g/mol. The predicted molar refractivity (Wildman–Crippen MR) is 236 cm³/mol. The van der Waals surface area contributed by atoms with Crippen molar-refractivity contribution in [2.24, 2.45) is 0 Å². The molecule has 10 aromatic rings. The quantitative estimate of drug-likeness (QED) is 0.171. The second-order valence-electron chi connectivity index (χ2n) is 14.7. The zero-order chi connectivity index (χ0) is 37.7. The second-order valence-corrected chi connectivity index (χ2v) is 14.7. The van der Waals surface area contributed by atoms with Crippen molar-refractivity contribution in [2.45, 2.75) is 12.8 Å². The standard InChI is InChI=1S/C53H36N4/c1-3-13-43-40(11-1)33-41-12-2-4-14-44(41)52(43)38-24-26-39(27-25-38)53-55-48(36-22-20-35(21-23-36)47-17-9-10-32-54-47)34-49(56-53)37-28-30-42(31-29-37)57-50-18-7-5-15-45(50)46-16-6-8-19-51(46)57/h1,3-11,13-34H,2,12H2. The highest BCUT2D eigenvalue weighted by Gasteiger charge is 2.17. The van der Waals surface area contributed by atoms with Crippen molar-refractivity contribution in [3.63, 3.8) is 0 Å². The molecular formula is C53H36N4. The third kappa shape index (κ3) is 5.82. The van der Waals surface area contributed by atoms with Gasteiger partial charge in [0.15, 0.2) is 5.82 Å². The summed E-state index contributed by atoms with van der Waals surface area (Å²) in [4.78, 5) is 15.0. The summed E-state index contributed by atoms with van der Waals surface area (Å²) in [6, 6.07) is 62.5. The first-order chi connectivity index (χ1) is 28.2. The molecule has 0 radical (unpaired) electrons. The molecule has 4 heteroatoms. The number of benzene rings is 7. The van der Waals surface area contributed by atoms with Crippen LogP contribution in [0, 0.1) is 0 Å². The molecule has 0 unspecified atom stereocenters. The Morgan fingerprint density at radius 2 is 1.02 bits per heavy atom. The minimum absolute atomic E-state index is 0.689. The fourth-order valence-electron chi connectivity index (χ4n) is 8.56. The van der Waals surface area contributed by atoms with Gasteiger partial charge in [-0.3, -0.25) is 4.98 Å². The molecule has 0 fully saturated rings. The van der Waals surface area contributed by atoms with Crippen LogP contribution in [-0.4, -0.2) is 19.5 Å². The van der Waals surface area contributed by atoms with E-state index in [1.807, 2.05) is 24.4 Å². The van der Waals surface area contributed by atoms with Crippen molar-refractivity contribution in [1.82, 2.24) is 19.5 Å². The maximum absolute atomic E-state index is 5.24. The van der Waals surface area contributed by atoms with Gasteiger partial charge in [-0.1, -0.05) is 146 Å². The smallest absolute Gasteiger partial charge is 0.160 e. The topological polar surface area (TPSA) is 43.6 Å². The lowest BCUT2D eigenvalue weighted by atomic mass is 9.85. The Labute approximate surface area is 331 Å². The van der Waals surface area contributed by atoms with Crippen LogP contribution in [0.5, 0.6) is 0 Å². The number of hydrogen-bond acceptors (Lipinski definition) is 3. The molecule has 0 saturated heterocycles. The van der Waals surface area contributed by atoms with Gasteiger partial charge in [-0.05, 0) is 88.3 Å². The van der Waals surface area contributed by atoms with Crippen molar-refractivity contribution in [1.29, 1.82) is 0 Å². The summed E-state index contributed by atoms with van der Waals surface area (Å²) in [7, 11) is 0. The van der Waals surface area contributed by atoms with E-state index < -0.39 is 0 Å². The Morgan fingerprint density at radius 1 is 0.456 bits per heavy atom. The van der Waals surface area contributed by atoms with E-state index in [2.05, 4.69) is 179 Å². The van der Waals surface area contributed by atoms with E-state index in [9.17, 15) is 0 Å². The summed E-state index contributed by atoms with van der Waals surface area (Å²) in [5.74, 6) is 0.689. The summed E-state index contributed by atoms with van der Waals surface area (Å²) >= 11 is 0. The molecule has 4 nitrogen and oxygen atoms in total. The Morgan fingerprint density at radius 3 is 1.68 bits per heavy atom. The van der Waals surface area contributed by atoms with E-state index in [4.69, 9.17) is 9.97 Å². The van der Waals surface area contributed by atoms with Crippen molar-refractivity contribution >= 4 is 38.7 Å². The number of aromatic nitrogens is 4. The number of aryl methyl sites for hydroxylation is 1. The number of para-hydroxylation sites is 2. The fraction of sp³-hybridized carbons (Fsp3) is 0.0377. The summed E-state index contributed by atoms with van der Waals surface area (Å²) < 4.78 is 2.35. The largest absolute Gasteiger partial charge is 0.309 e. The van der Waals surface area contributed by atoms with Crippen molar-refractivity contribution in [3.05, 3.63) is 199 Å². The summed E-state index contributed by atoms with van der Waals surface area (Å²) in [5.41, 5.74) is 15.5. The average Bonchev–Trinajstić information content (AvgIpc) is 3.63. The number of fused-ring (bicyclic) bond motifs is 5. The van der Waals surface area contributed by atoms with E-state index in [1.165, 1.54) is 54.8 Å². The normalized spacial score (nSPS) is 12.4. The van der Waals surface area contributed by atoms with Crippen LogP contribution in [0.3, 0.4) is 0 Å². The Bertz CT molecular complexity index is 3090. The van der Waals surface area contributed by atoms with Crippen LogP contribution in [0.4, 0.5) is 0 Å². The minimum atomic E-state index is 0.689. The number of nitrogens with zero attached hydrogens (tertiary/aromatic N) is 4. The highest BCUT2D eigenvalue weighted by Crippen LogP contribution is 2.39. The first-order valence-corrected chi connectivity index (χ1v) is 19.6. The van der Waals surface area contributed by atoms with Crippen LogP contribution in [0.25, 0.3) is 101 Å². The van der Waals surface area contributed by atoms with Gasteiger partial charge < -0.3 is 4.57 Å². The molecule has 57 heavy (non-hydrogen) atoms. The van der Waals surface area contributed by atoms with E-state index in [0.717, 1.165) is 57.9 Å². The summed E-state index contributed by atoms with van der Waals surface area (Å²) in [6.07, 6.45) is 8.57. The maximum Gasteiger partial charge on any atom is 0.160 e. The Kier molecular flexibility index (Phi) is 7.92. The molecule has 268 valence electrons. The molecule has 0 atom stereocenters. The SMILES string of the molecule is C1=Cc2c(cc3ccccc3c2-c2ccc(-c3nc(-c4ccc(-c5ccccn5)cc4)cc(-c4ccc(-n5c6ccccc6c6ccccc65)cc4)n3)cc2)CC1. The van der Waals surface area contributed by atoms with E-state index >= 15 is 0 Å². The molecule has 3 aromatic heterocycles. The maximum atomic E-state index is 5.24. The molecule has 0 spiro atoms. The van der Waals surface area contributed by atoms with Gasteiger partial charge in [0, 0.05) is 44.9 Å². The molecule has 1 aliphatic rings. The van der Waals surface area contributed by atoms with Crippen LogP contribution >= 0.6 is 0 Å². The zero-order valence-electron chi connectivity index (χ0n) is 31.2. The Balaban J connectivity index is 1.02. The molecule has 3 heterocycles. The van der Waals surface area contributed by atoms with Gasteiger partial charge in [0.2, 0.25) is 0 Å². The molecule has 0 amide bonds. The molecule has 0 saturated carbocycles. The predicted octanol–water partition coefficient (Wildman–Crippen LogP) is 13.4. The first kappa shape index (κ1) is 33.0. The second kappa shape index (κ2) is 13.7. The van der Waals surface area contributed by atoms with Crippen LogP contribution < -0.4 is 0 Å². The zero-order valence-corrected chi connectivity index (χ0v) is 31.2. The van der Waals surface area contributed by atoms with Crippen molar-refractivity contribution < 1.29 is 0 Å². The van der Waals surface area contributed by atoms with E-state index in [0.29, 0.717) is 5.82 Å². The lowest BCUT2D eigenvalue weighted by Gasteiger charge is -2.19. The third-order valence-corrected chi connectivity index (χ3v) is 11.3. The number of hydrogen-bond donors (Lipinski definition) is 0. The summed E-state index contributed by atoms with van der Waals surface area (Å²) in [5, 5.41) is 5.05. The lowest BCUT2D eigenvalue weighted by molar-refractivity contribution is 0.989. The summed E-state index contributed by atoms with van der Waals surface area (Å²) in [6.45, 7) is 0. The first-order valence-electron chi connectivity index (χ1n) is 19.6. The molecule has 0 bridgehead atoms. The van der Waals surface area contributed by atoms with E-state index in [-0.39, 0.29) is 0 Å². The van der Waals surface area contributed by atoms with Gasteiger partial charge in [0.05, 0.1) is 28.1 Å². The molecule has 7 aromatic carbocycles. The highest BCUT2D eigenvalue weighted by atomic mass is 15.0. The molecule has 0 N–H and O–H groups in total. The van der Waals surface area contributed by atoms with Crippen molar-refractivity contribution in [3.8, 4) is 62.0 Å². The Hall–Kier alpha value is -7.43. The van der Waals surface area contributed by atoms with Crippen LogP contribution in [-0.2, 0) is 6.42 Å². The fourth-order valence-corrected chi connectivity index (χ4v) is 8.56. The highest BCUT2D eigenvalue weighted by molar-refractivity contribution is 6.09. The van der Waals surface area contributed by atoms with Gasteiger partial charge in [0.25, 0.3) is 0 Å². The van der Waals surface area contributed by atoms with E-state index in [1.54, 1.807) is 0 Å². The van der Waals surface area contributed by atoms with Crippen LogP contribution in [0.15, 0.2) is 188 Å². The van der Waals surface area contributed by atoms with Gasteiger partial charge in [-0.2, -0.15) is 0 Å². The molecule has 1 aliphatic carbocycles. The third-order valence-electron chi connectivity index (χ3n) is 11.3. The number of allylic oxidation sites excluding steroid dienone is 1. The van der Waals surface area contributed by atoms with Gasteiger partial charge >= 0.3 is 0 Å². The van der Waals surface area contributed by atoms with Crippen LogP contribution in [0.1, 0.15) is 17.5 Å².